The van der Waals surface area contributed by atoms with E-state index in [0.29, 0.717) is 11.1 Å². The van der Waals surface area contributed by atoms with Crippen LogP contribution in [0.25, 0.3) is 136 Å². The van der Waals surface area contributed by atoms with Gasteiger partial charge in [-0.3, -0.25) is 0 Å². The van der Waals surface area contributed by atoms with Crippen LogP contribution >= 0.6 is 11.3 Å². The Balaban J connectivity index is 0.977. The Kier molecular flexibility index (Phi) is 9.32. The van der Waals surface area contributed by atoms with Crippen molar-refractivity contribution in [2.75, 3.05) is 0 Å². The lowest BCUT2D eigenvalue weighted by Gasteiger charge is -2.19. The molecule has 0 saturated carbocycles. The van der Waals surface area contributed by atoms with Crippen LogP contribution in [0.3, 0.4) is 0 Å². The Morgan fingerprint density at radius 3 is 1.41 bits per heavy atom. The number of hydrogen-bond acceptors (Lipinski definition) is 9. The topological polar surface area (TPSA) is 145 Å². The molecule has 0 aliphatic rings. The van der Waals surface area contributed by atoms with Crippen molar-refractivity contribution >= 4 is 85.6 Å². The number of aromatic nitrogens is 4. The van der Waals surface area contributed by atoms with E-state index in [2.05, 4.69) is 150 Å². The van der Waals surface area contributed by atoms with Gasteiger partial charge in [0.2, 0.25) is 17.2 Å². The molecule has 73 heavy (non-hydrogen) atoms. The summed E-state index contributed by atoms with van der Waals surface area (Å²) in [5.74, 6) is -4.76. The third kappa shape index (κ3) is 6.44. The molecular weight excluding hydrogens is 925 g/mol. The summed E-state index contributed by atoms with van der Waals surface area (Å²) in [4.78, 5) is 14.6. The molecule has 0 aliphatic heterocycles. The van der Waals surface area contributed by atoms with Gasteiger partial charge in [0.1, 0.15) is 5.56 Å². The molecule has 346 valence electrons. The van der Waals surface area contributed by atoms with E-state index < -0.39 is 34.3 Å². The fourth-order valence-electron chi connectivity index (χ4n) is 10.8. The molecule has 0 amide bonds. The predicted octanol–water partition coefficient (Wildman–Crippen LogP) is 15.7. The molecule has 10 heteroatoms. The Morgan fingerprint density at radius 1 is 0.315 bits per heavy atom. The van der Waals surface area contributed by atoms with Crippen molar-refractivity contribution in [1.29, 1.82) is 0 Å². The summed E-state index contributed by atoms with van der Waals surface area (Å²) in [7, 11) is 0. The molecule has 3 aromatic heterocycles. The van der Waals surface area contributed by atoms with Crippen molar-refractivity contribution < 1.29 is 25.5 Å². The second kappa shape index (κ2) is 16.1. The van der Waals surface area contributed by atoms with Crippen molar-refractivity contribution in [3.8, 4) is 90.9 Å². The van der Waals surface area contributed by atoms with E-state index in [1.807, 2.05) is 54.6 Å². The highest BCUT2D eigenvalue weighted by molar-refractivity contribution is 7.26. The third-order valence-corrected chi connectivity index (χ3v) is 15.4. The number of para-hydroxylation sites is 2. The molecule has 0 atom stereocenters. The first-order chi connectivity index (χ1) is 35.8. The average molecular weight is 963 g/mol. The summed E-state index contributed by atoms with van der Waals surface area (Å²) in [6.45, 7) is 0. The Labute approximate surface area is 419 Å². The number of aromatic hydroxyl groups is 5. The van der Waals surface area contributed by atoms with Gasteiger partial charge in [0.15, 0.2) is 29.0 Å². The number of phenolic OH excluding ortho intramolecular Hbond substituents is 5. The smallest absolute Gasteiger partial charge is 0.208 e. The summed E-state index contributed by atoms with van der Waals surface area (Å²) in [6, 6.07) is 69.5. The van der Waals surface area contributed by atoms with Gasteiger partial charge in [-0.2, -0.15) is 0 Å². The van der Waals surface area contributed by atoms with Gasteiger partial charge >= 0.3 is 0 Å². The molecule has 11 aromatic carbocycles. The predicted molar refractivity (Wildman–Crippen MR) is 295 cm³/mol. The lowest BCUT2D eigenvalue weighted by molar-refractivity contribution is 0.329. The largest absolute Gasteiger partial charge is 0.504 e. The molecule has 0 unspecified atom stereocenters. The average Bonchev–Trinajstić information content (AvgIpc) is 4.00. The molecule has 9 nitrogen and oxygen atoms in total. The number of rotatable bonds is 6. The van der Waals surface area contributed by atoms with E-state index in [-0.39, 0.29) is 17.5 Å². The highest BCUT2D eigenvalue weighted by atomic mass is 32.1. The monoisotopic (exact) mass is 962 g/mol. The van der Waals surface area contributed by atoms with Crippen LogP contribution in [-0.2, 0) is 0 Å². The molecule has 3 heterocycles. The summed E-state index contributed by atoms with van der Waals surface area (Å²) in [5, 5.41) is 65.6. The summed E-state index contributed by atoms with van der Waals surface area (Å²) in [5.41, 5.74) is 7.94. The fourth-order valence-corrected chi connectivity index (χ4v) is 12.0. The Hall–Kier alpha value is -9.77. The van der Waals surface area contributed by atoms with E-state index >= 15 is 0 Å². The molecule has 5 N–H and O–H groups in total. The molecule has 0 bridgehead atoms. The van der Waals surface area contributed by atoms with Gasteiger partial charge in [0.05, 0.1) is 16.7 Å². The van der Waals surface area contributed by atoms with Crippen LogP contribution in [-0.4, -0.2) is 45.1 Å². The zero-order chi connectivity index (χ0) is 49.1. The highest BCUT2D eigenvalue weighted by Gasteiger charge is 2.28. The number of fused-ring (bicyclic) bond motifs is 12. The second-order valence-electron chi connectivity index (χ2n) is 18.2. The maximum absolute atomic E-state index is 11.2. The summed E-state index contributed by atoms with van der Waals surface area (Å²) >= 11 is 1.59. The van der Waals surface area contributed by atoms with Gasteiger partial charge in [0.25, 0.3) is 0 Å². The maximum Gasteiger partial charge on any atom is 0.208 e. The van der Waals surface area contributed by atoms with Crippen molar-refractivity contribution in [3.63, 3.8) is 0 Å². The van der Waals surface area contributed by atoms with Crippen LogP contribution in [0.1, 0.15) is 0 Å². The van der Waals surface area contributed by atoms with Crippen LogP contribution in [0, 0.1) is 0 Å². The summed E-state index contributed by atoms with van der Waals surface area (Å²) in [6.07, 6.45) is 0. The zero-order valence-corrected chi connectivity index (χ0v) is 39.3. The van der Waals surface area contributed by atoms with Gasteiger partial charge in [-0.25, -0.2) is 15.0 Å². The first-order valence-corrected chi connectivity index (χ1v) is 24.5. The van der Waals surface area contributed by atoms with Crippen LogP contribution in [0.4, 0.5) is 0 Å². The van der Waals surface area contributed by atoms with Crippen LogP contribution in [0.15, 0.2) is 200 Å². The fraction of sp³-hybridized carbons (Fsp3) is 0. The number of nitrogens with zero attached hydrogens (tertiary/aromatic N) is 4. The van der Waals surface area contributed by atoms with E-state index in [1.54, 1.807) is 11.3 Å². The van der Waals surface area contributed by atoms with Gasteiger partial charge in [0, 0.05) is 47.6 Å². The number of benzene rings is 11. The number of thiophene rings is 1. The first kappa shape index (κ1) is 42.1. The summed E-state index contributed by atoms with van der Waals surface area (Å²) < 4.78 is 4.39. The molecule has 0 spiro atoms. The molecule has 0 aliphatic carbocycles. The minimum atomic E-state index is -1.08. The SMILES string of the molecule is Oc1c(O)c(O)c(-c2nc(-c3cccc(-c4cccc(-c5cc6c7ccccc7c7ccccc7c6cc5-n5c6ccccc6c6ccccc65)c4)c3)nc(-c3cccc4c3sc3ccccc34)n2)c(O)c1O. The van der Waals surface area contributed by atoms with Crippen molar-refractivity contribution in [2.45, 2.75) is 0 Å². The van der Waals surface area contributed by atoms with Crippen LogP contribution in [0.5, 0.6) is 28.7 Å². The van der Waals surface area contributed by atoms with Crippen LogP contribution in [0.2, 0.25) is 0 Å². The van der Waals surface area contributed by atoms with Gasteiger partial charge in [-0.05, 0) is 97.5 Å². The van der Waals surface area contributed by atoms with Gasteiger partial charge in [-0.1, -0.05) is 152 Å². The van der Waals surface area contributed by atoms with E-state index in [0.717, 1.165) is 69.9 Å². The maximum atomic E-state index is 11.2. The molecular formula is C63H38N4O5S. The molecule has 14 rings (SSSR count). The Morgan fingerprint density at radius 2 is 0.767 bits per heavy atom. The van der Waals surface area contributed by atoms with Crippen molar-refractivity contribution in [3.05, 3.63) is 200 Å². The normalized spacial score (nSPS) is 11.8. The van der Waals surface area contributed by atoms with E-state index in [4.69, 9.17) is 15.0 Å². The molecule has 0 saturated heterocycles. The number of phenols is 5. The minimum absolute atomic E-state index is 0.198. The van der Waals surface area contributed by atoms with Crippen molar-refractivity contribution in [1.82, 2.24) is 19.5 Å². The quantitative estimate of drug-likeness (QED) is 0.0629. The highest BCUT2D eigenvalue weighted by Crippen LogP contribution is 2.54. The standard InChI is InChI=1S/C63H38N4O5S/c68-55-54(56(69)58(71)59(72)57(55)70)63-65-61(64-62(66-63)46-26-13-25-45-44-24-7-10-29-53(44)73-60(45)46)37-17-12-15-35(31-37)34-14-11-16-36(30-34)47-32-48-40-20-3-1-18-38(40)39-19-2-4-21-41(39)49(48)33-52(47)67-50-27-8-5-22-42(50)43-23-6-9-28-51(43)67/h1-33,68-72H. The molecule has 0 fully saturated rings. The molecule has 0 radical (unpaired) electrons. The second-order valence-corrected chi connectivity index (χ2v) is 19.3. The van der Waals surface area contributed by atoms with Crippen molar-refractivity contribution in [2.24, 2.45) is 0 Å². The lowest BCUT2D eigenvalue weighted by Crippen LogP contribution is -2.01. The zero-order valence-electron chi connectivity index (χ0n) is 38.5. The van der Waals surface area contributed by atoms with E-state index in [1.165, 1.54) is 32.3 Å². The third-order valence-electron chi connectivity index (χ3n) is 14.2. The minimum Gasteiger partial charge on any atom is -0.504 e. The lowest BCUT2D eigenvalue weighted by atomic mass is 9.90. The van der Waals surface area contributed by atoms with E-state index in [9.17, 15) is 25.5 Å². The number of hydrogen-bond donors (Lipinski definition) is 5. The van der Waals surface area contributed by atoms with Gasteiger partial charge < -0.3 is 30.1 Å². The first-order valence-electron chi connectivity index (χ1n) is 23.7. The van der Waals surface area contributed by atoms with Gasteiger partial charge in [-0.15, -0.1) is 11.3 Å². The molecule has 14 aromatic rings. The Bertz CT molecular complexity index is 4570. The van der Waals surface area contributed by atoms with Crippen LogP contribution < -0.4 is 0 Å².